The number of hydrogen-bond acceptors (Lipinski definition) is 4. The molecule has 0 saturated carbocycles. The van der Waals surface area contributed by atoms with Crippen LogP contribution in [0.1, 0.15) is 33.6 Å². The predicted octanol–water partition coefficient (Wildman–Crippen LogP) is 1.10. The topological polar surface area (TPSA) is 96.3 Å². The van der Waals surface area contributed by atoms with E-state index in [0.29, 0.717) is 31.3 Å². The maximum atomic E-state index is 13.2. The third kappa shape index (κ3) is 5.62. The van der Waals surface area contributed by atoms with Crippen LogP contribution in [0.15, 0.2) is 30.6 Å². The van der Waals surface area contributed by atoms with Crippen LogP contribution in [0.5, 0.6) is 0 Å². The van der Waals surface area contributed by atoms with Crippen LogP contribution in [0.3, 0.4) is 0 Å². The molecule has 1 aliphatic heterocycles. The predicted molar refractivity (Wildman–Crippen MR) is 104 cm³/mol. The van der Waals surface area contributed by atoms with Gasteiger partial charge in [0.05, 0.1) is 18.3 Å². The molecule has 0 spiro atoms. The first-order chi connectivity index (χ1) is 14.3. The van der Waals surface area contributed by atoms with Gasteiger partial charge in [-0.2, -0.15) is 5.10 Å². The average molecular weight is 419 g/mol. The number of rotatable bonds is 6. The van der Waals surface area contributed by atoms with Gasteiger partial charge in [0.2, 0.25) is 5.91 Å². The van der Waals surface area contributed by atoms with E-state index in [1.54, 1.807) is 22.8 Å². The molecule has 0 atom stereocenters. The molecule has 3 amide bonds. The fourth-order valence-corrected chi connectivity index (χ4v) is 3.32. The maximum absolute atomic E-state index is 13.2. The Hall–Kier alpha value is -3.30. The van der Waals surface area contributed by atoms with Gasteiger partial charge >= 0.3 is 0 Å². The zero-order valence-electron chi connectivity index (χ0n) is 16.5. The number of benzene rings is 1. The Labute approximate surface area is 172 Å². The van der Waals surface area contributed by atoms with E-state index in [1.807, 2.05) is 0 Å². The number of likely N-dealkylation sites (tertiary alicyclic amines) is 1. The van der Waals surface area contributed by atoms with E-state index >= 15 is 0 Å². The number of hydrogen-bond donors (Lipinski definition) is 2. The van der Waals surface area contributed by atoms with Crippen molar-refractivity contribution in [1.82, 2.24) is 25.3 Å². The van der Waals surface area contributed by atoms with Gasteiger partial charge < -0.3 is 15.5 Å². The summed E-state index contributed by atoms with van der Waals surface area (Å²) in [6.45, 7) is 1.28. The van der Waals surface area contributed by atoms with Gasteiger partial charge in [0, 0.05) is 44.5 Å². The second-order valence-corrected chi connectivity index (χ2v) is 7.28. The van der Waals surface area contributed by atoms with Crippen LogP contribution >= 0.6 is 0 Å². The molecule has 1 aliphatic rings. The minimum absolute atomic E-state index is 0.177. The van der Waals surface area contributed by atoms with E-state index < -0.39 is 17.5 Å². The van der Waals surface area contributed by atoms with Crippen molar-refractivity contribution in [2.75, 3.05) is 26.2 Å². The van der Waals surface area contributed by atoms with Crippen molar-refractivity contribution >= 4 is 17.7 Å². The highest BCUT2D eigenvalue weighted by Crippen LogP contribution is 2.16. The summed E-state index contributed by atoms with van der Waals surface area (Å²) < 4.78 is 28.0. The Morgan fingerprint density at radius 2 is 1.67 bits per heavy atom. The highest BCUT2D eigenvalue weighted by molar-refractivity contribution is 5.96. The van der Waals surface area contributed by atoms with Crippen LogP contribution in [-0.2, 0) is 11.8 Å². The SMILES string of the molecule is Cn1cc(C(=O)NCC2CCN(C(=O)CNC(=O)c3cc(F)cc(F)c3)CC2)cn1. The van der Waals surface area contributed by atoms with Crippen molar-refractivity contribution in [3.05, 3.63) is 53.4 Å². The smallest absolute Gasteiger partial charge is 0.254 e. The number of carbonyl (C=O) groups is 3. The molecule has 2 heterocycles. The van der Waals surface area contributed by atoms with Crippen LogP contribution in [0.4, 0.5) is 8.78 Å². The van der Waals surface area contributed by atoms with E-state index in [4.69, 9.17) is 0 Å². The summed E-state index contributed by atoms with van der Waals surface area (Å²) in [5.41, 5.74) is 0.322. The van der Waals surface area contributed by atoms with Gasteiger partial charge in [0.1, 0.15) is 11.6 Å². The Bertz CT molecular complexity index is 918. The van der Waals surface area contributed by atoms with Crippen molar-refractivity contribution < 1.29 is 23.2 Å². The van der Waals surface area contributed by atoms with Crippen molar-refractivity contribution in [1.29, 1.82) is 0 Å². The number of halogens is 2. The summed E-state index contributed by atoms with van der Waals surface area (Å²) in [5.74, 6) is -2.63. The normalized spacial score (nSPS) is 14.4. The second kappa shape index (κ2) is 9.47. The molecule has 2 aromatic rings. The third-order valence-electron chi connectivity index (χ3n) is 5.01. The number of nitrogens with zero attached hydrogens (tertiary/aromatic N) is 3. The minimum atomic E-state index is -0.857. The molecule has 0 unspecified atom stereocenters. The molecule has 0 aliphatic carbocycles. The molecule has 3 rings (SSSR count). The molecule has 0 bridgehead atoms. The molecular weight excluding hydrogens is 396 g/mol. The van der Waals surface area contributed by atoms with Crippen molar-refractivity contribution in [3.63, 3.8) is 0 Å². The van der Waals surface area contributed by atoms with Crippen LogP contribution in [0.2, 0.25) is 0 Å². The fraction of sp³-hybridized carbons (Fsp3) is 0.400. The Balaban J connectivity index is 1.39. The molecular formula is C20H23F2N5O3. The fourth-order valence-electron chi connectivity index (χ4n) is 3.32. The molecule has 10 heteroatoms. The summed E-state index contributed by atoms with van der Waals surface area (Å²) in [7, 11) is 1.74. The summed E-state index contributed by atoms with van der Waals surface area (Å²) in [6.07, 6.45) is 4.59. The Kier molecular flexibility index (Phi) is 6.76. The first-order valence-corrected chi connectivity index (χ1v) is 9.60. The lowest BCUT2D eigenvalue weighted by atomic mass is 9.96. The number of amides is 3. The zero-order chi connectivity index (χ0) is 21.7. The zero-order valence-corrected chi connectivity index (χ0v) is 16.5. The molecule has 1 aromatic carbocycles. The number of nitrogens with one attached hydrogen (secondary N) is 2. The van der Waals surface area contributed by atoms with Crippen LogP contribution in [0, 0.1) is 17.6 Å². The molecule has 0 radical (unpaired) electrons. The number of carbonyl (C=O) groups excluding carboxylic acids is 3. The maximum Gasteiger partial charge on any atom is 0.254 e. The van der Waals surface area contributed by atoms with Gasteiger partial charge in [0.15, 0.2) is 0 Å². The molecule has 160 valence electrons. The van der Waals surface area contributed by atoms with Gasteiger partial charge in [-0.05, 0) is 30.9 Å². The van der Waals surface area contributed by atoms with Gasteiger partial charge in [-0.15, -0.1) is 0 Å². The summed E-state index contributed by atoms with van der Waals surface area (Å²) in [5, 5.41) is 9.24. The van der Waals surface area contributed by atoms with Crippen molar-refractivity contribution in [2.24, 2.45) is 13.0 Å². The van der Waals surface area contributed by atoms with Crippen molar-refractivity contribution in [3.8, 4) is 0 Å². The molecule has 30 heavy (non-hydrogen) atoms. The third-order valence-corrected chi connectivity index (χ3v) is 5.01. The van der Waals surface area contributed by atoms with Gasteiger partial charge in [0.25, 0.3) is 11.8 Å². The monoisotopic (exact) mass is 419 g/mol. The first-order valence-electron chi connectivity index (χ1n) is 9.60. The van der Waals surface area contributed by atoms with E-state index in [2.05, 4.69) is 15.7 Å². The lowest BCUT2D eigenvalue weighted by Gasteiger charge is -2.32. The summed E-state index contributed by atoms with van der Waals surface area (Å²) in [4.78, 5) is 38.0. The van der Waals surface area contributed by atoms with Crippen LogP contribution < -0.4 is 10.6 Å². The number of piperidine rings is 1. The average Bonchev–Trinajstić information content (AvgIpc) is 3.16. The minimum Gasteiger partial charge on any atom is -0.352 e. The second-order valence-electron chi connectivity index (χ2n) is 7.28. The van der Waals surface area contributed by atoms with Crippen LogP contribution in [-0.4, -0.2) is 58.6 Å². The van der Waals surface area contributed by atoms with E-state index in [0.717, 1.165) is 25.0 Å². The van der Waals surface area contributed by atoms with Gasteiger partial charge in [-0.3, -0.25) is 19.1 Å². The van der Waals surface area contributed by atoms with Crippen molar-refractivity contribution in [2.45, 2.75) is 12.8 Å². The molecule has 8 nitrogen and oxygen atoms in total. The summed E-state index contributed by atoms with van der Waals surface area (Å²) in [6, 6.07) is 2.49. The molecule has 1 saturated heterocycles. The highest BCUT2D eigenvalue weighted by atomic mass is 19.1. The quantitative estimate of drug-likeness (QED) is 0.733. The standard InChI is InChI=1S/C20H23F2N5O3/c1-26-12-15(10-25-26)20(30)23-9-13-2-4-27(5-3-13)18(28)11-24-19(29)14-6-16(21)8-17(22)7-14/h6-8,10,12-13H,2-5,9,11H2,1H3,(H,23,30)(H,24,29). The van der Waals surface area contributed by atoms with Crippen LogP contribution in [0.25, 0.3) is 0 Å². The Morgan fingerprint density at radius 1 is 1.03 bits per heavy atom. The Morgan fingerprint density at radius 3 is 2.27 bits per heavy atom. The summed E-state index contributed by atoms with van der Waals surface area (Å²) >= 11 is 0. The largest absolute Gasteiger partial charge is 0.352 e. The van der Waals surface area contributed by atoms with Gasteiger partial charge in [-0.25, -0.2) is 8.78 Å². The lowest BCUT2D eigenvalue weighted by Crippen LogP contribution is -2.45. The first kappa shape index (κ1) is 21.4. The molecule has 1 fully saturated rings. The van der Waals surface area contributed by atoms with Gasteiger partial charge in [-0.1, -0.05) is 0 Å². The lowest BCUT2D eigenvalue weighted by molar-refractivity contribution is -0.131. The highest BCUT2D eigenvalue weighted by Gasteiger charge is 2.23. The van der Waals surface area contributed by atoms with E-state index in [1.165, 1.54) is 6.20 Å². The van der Waals surface area contributed by atoms with E-state index in [-0.39, 0.29) is 29.8 Å². The van der Waals surface area contributed by atoms with E-state index in [9.17, 15) is 23.2 Å². The molecule has 1 aromatic heterocycles. The molecule has 2 N–H and O–H groups in total. The number of aryl methyl sites for hydroxylation is 1. The number of aromatic nitrogens is 2.